The summed E-state index contributed by atoms with van der Waals surface area (Å²) in [5.74, 6) is 0. The van der Waals surface area contributed by atoms with E-state index in [9.17, 15) is 0 Å². The van der Waals surface area contributed by atoms with Crippen molar-refractivity contribution in [3.05, 3.63) is 60.2 Å². The number of para-hydroxylation sites is 1. The van der Waals surface area contributed by atoms with Crippen molar-refractivity contribution in [3.8, 4) is 0 Å². The molecule has 2 N–H and O–H groups in total. The highest BCUT2D eigenvalue weighted by Gasteiger charge is 2.29. The quantitative estimate of drug-likeness (QED) is 0.642. The third-order valence-electron chi connectivity index (χ3n) is 4.27. The number of piperidine rings is 1. The zero-order chi connectivity index (χ0) is 16.2. The summed E-state index contributed by atoms with van der Waals surface area (Å²) in [4.78, 5) is 4.61. The molecule has 0 bridgehead atoms. The van der Waals surface area contributed by atoms with Crippen LogP contribution >= 0.6 is 24.0 Å². The molecule has 1 saturated heterocycles. The maximum Gasteiger partial charge on any atom is 0.0795 e. The normalized spacial score (nSPS) is 21.4. The molecule has 23 heavy (non-hydrogen) atoms. The number of thioether (sulfide) groups is 1. The van der Waals surface area contributed by atoms with Crippen molar-refractivity contribution in [2.75, 3.05) is 5.73 Å². The Morgan fingerprint density at radius 2 is 1.83 bits per heavy atom. The van der Waals surface area contributed by atoms with Crippen molar-refractivity contribution >= 4 is 34.7 Å². The van der Waals surface area contributed by atoms with Crippen molar-refractivity contribution in [2.45, 2.75) is 42.5 Å². The maximum absolute atomic E-state index is 6.07. The largest absolute Gasteiger partial charge is 0.398 e. The molecule has 2 aromatic carbocycles. The first-order valence-corrected chi connectivity index (χ1v) is 9.27. The summed E-state index contributed by atoms with van der Waals surface area (Å²) in [6.07, 6.45) is 2.08. The molecule has 2 nitrogen and oxygen atoms in total. The van der Waals surface area contributed by atoms with Gasteiger partial charge in [-0.05, 0) is 31.0 Å². The zero-order valence-electron chi connectivity index (χ0n) is 13.3. The highest BCUT2D eigenvalue weighted by atomic mass is 32.2. The Kier molecular flexibility index (Phi) is 5.23. The molecule has 0 radical (unpaired) electrons. The van der Waals surface area contributed by atoms with Crippen LogP contribution in [0.25, 0.3) is 0 Å². The Morgan fingerprint density at radius 3 is 2.52 bits per heavy atom. The number of nitrogens with zero attached hydrogens (tertiary/aromatic N) is 1. The fraction of sp³-hybridized carbons (Fsp3) is 0.316. The molecular weight excluding hydrogens is 320 g/mol. The minimum Gasteiger partial charge on any atom is -0.398 e. The van der Waals surface area contributed by atoms with Crippen LogP contribution in [0.2, 0.25) is 0 Å². The van der Waals surface area contributed by atoms with E-state index in [0.717, 1.165) is 30.1 Å². The molecule has 1 heterocycles. The van der Waals surface area contributed by atoms with Gasteiger partial charge < -0.3 is 10.6 Å². The van der Waals surface area contributed by atoms with Gasteiger partial charge in [0, 0.05) is 34.8 Å². The van der Waals surface area contributed by atoms with Crippen LogP contribution in [0.4, 0.5) is 5.69 Å². The third kappa shape index (κ3) is 4.06. The Labute approximate surface area is 148 Å². The van der Waals surface area contributed by atoms with E-state index in [-0.39, 0.29) is 0 Å². The van der Waals surface area contributed by atoms with Gasteiger partial charge in [-0.25, -0.2) is 0 Å². The Morgan fingerprint density at radius 1 is 1.13 bits per heavy atom. The summed E-state index contributed by atoms with van der Waals surface area (Å²) in [5, 5.41) is 0.509. The Bertz CT molecular complexity index is 672. The van der Waals surface area contributed by atoms with E-state index in [2.05, 4.69) is 48.2 Å². The molecule has 0 amide bonds. The number of anilines is 1. The molecule has 1 aliphatic heterocycles. The number of hydrogen-bond donors (Lipinski definition) is 1. The molecular formula is C19H22N2S2. The summed E-state index contributed by atoms with van der Waals surface area (Å²) >= 11 is 7.58. The third-order valence-corrected chi connectivity index (χ3v) is 5.99. The molecule has 0 spiro atoms. The average Bonchev–Trinajstić information content (AvgIpc) is 2.54. The second-order valence-electron chi connectivity index (χ2n) is 6.07. The molecule has 1 aliphatic rings. The predicted molar refractivity (Wildman–Crippen MR) is 104 cm³/mol. The van der Waals surface area contributed by atoms with Crippen LogP contribution in [-0.2, 0) is 6.54 Å². The van der Waals surface area contributed by atoms with E-state index in [0.29, 0.717) is 11.3 Å². The maximum atomic E-state index is 6.07. The van der Waals surface area contributed by atoms with Crippen LogP contribution in [0.5, 0.6) is 0 Å². The van der Waals surface area contributed by atoms with E-state index >= 15 is 0 Å². The fourth-order valence-electron chi connectivity index (χ4n) is 3.03. The monoisotopic (exact) mass is 342 g/mol. The summed E-state index contributed by atoms with van der Waals surface area (Å²) in [6.45, 7) is 3.18. The molecule has 4 heteroatoms. The fourth-order valence-corrected chi connectivity index (χ4v) is 4.92. The lowest BCUT2D eigenvalue weighted by Gasteiger charge is -2.39. The lowest BCUT2D eigenvalue weighted by Crippen LogP contribution is -2.44. The molecule has 2 atom stereocenters. The minimum absolute atomic E-state index is 0.457. The second-order valence-corrected chi connectivity index (χ2v) is 7.89. The summed E-state index contributed by atoms with van der Waals surface area (Å²) in [5.41, 5.74) is 8.26. The van der Waals surface area contributed by atoms with E-state index < -0.39 is 0 Å². The van der Waals surface area contributed by atoms with Crippen LogP contribution in [-0.4, -0.2) is 21.2 Å². The zero-order valence-corrected chi connectivity index (χ0v) is 14.9. The Hall–Kier alpha value is -1.52. The second kappa shape index (κ2) is 7.37. The van der Waals surface area contributed by atoms with Gasteiger partial charge in [0.15, 0.2) is 0 Å². The van der Waals surface area contributed by atoms with E-state index in [1.54, 1.807) is 0 Å². The summed E-state index contributed by atoms with van der Waals surface area (Å²) in [7, 11) is 0. The summed E-state index contributed by atoms with van der Waals surface area (Å²) in [6, 6.07) is 19.1. The lowest BCUT2D eigenvalue weighted by atomic mass is 10.0. The Balaban J connectivity index is 1.65. The van der Waals surface area contributed by atoms with Gasteiger partial charge in [0.1, 0.15) is 0 Å². The summed E-state index contributed by atoms with van der Waals surface area (Å²) < 4.78 is 0. The van der Waals surface area contributed by atoms with Crippen LogP contribution < -0.4 is 5.73 Å². The molecule has 1 fully saturated rings. The number of rotatable bonds is 4. The highest BCUT2D eigenvalue weighted by molar-refractivity contribution is 8.00. The number of benzene rings is 2. The molecule has 0 unspecified atom stereocenters. The topological polar surface area (TPSA) is 29.3 Å². The van der Waals surface area contributed by atoms with E-state index in [1.807, 2.05) is 30.0 Å². The van der Waals surface area contributed by atoms with E-state index in [1.165, 1.54) is 10.5 Å². The first-order valence-electron chi connectivity index (χ1n) is 7.98. The SMILES string of the molecule is C[C@H]1C[C@H](Sc2ccccc2N)CC(=S)N1Cc1ccccc1. The van der Waals surface area contributed by atoms with Crippen molar-refractivity contribution in [1.82, 2.24) is 4.90 Å². The van der Waals surface area contributed by atoms with Crippen molar-refractivity contribution in [3.63, 3.8) is 0 Å². The van der Waals surface area contributed by atoms with Crippen molar-refractivity contribution < 1.29 is 0 Å². The average molecular weight is 343 g/mol. The molecule has 0 aromatic heterocycles. The van der Waals surface area contributed by atoms with Gasteiger partial charge in [-0.3, -0.25) is 0 Å². The smallest absolute Gasteiger partial charge is 0.0795 e. The number of likely N-dealkylation sites (tertiary alicyclic amines) is 1. The molecule has 0 saturated carbocycles. The van der Waals surface area contributed by atoms with Crippen molar-refractivity contribution in [1.29, 1.82) is 0 Å². The number of nitrogens with two attached hydrogens (primary N) is 1. The number of nitrogen functional groups attached to an aromatic ring is 1. The molecule has 2 aromatic rings. The van der Waals surface area contributed by atoms with Crippen molar-refractivity contribution in [2.24, 2.45) is 0 Å². The molecule has 0 aliphatic carbocycles. The van der Waals surface area contributed by atoms with Gasteiger partial charge in [0.25, 0.3) is 0 Å². The predicted octanol–water partition coefficient (Wildman–Crippen LogP) is 4.74. The molecule has 120 valence electrons. The van der Waals surface area contributed by atoms with E-state index in [4.69, 9.17) is 18.0 Å². The first-order chi connectivity index (χ1) is 11.1. The van der Waals surface area contributed by atoms with Gasteiger partial charge in [-0.15, -0.1) is 11.8 Å². The first kappa shape index (κ1) is 16.3. The lowest BCUT2D eigenvalue weighted by molar-refractivity contribution is 0.284. The molecule has 3 rings (SSSR count). The van der Waals surface area contributed by atoms with Crippen LogP contribution in [0, 0.1) is 0 Å². The van der Waals surface area contributed by atoms with Gasteiger partial charge in [0.05, 0.1) is 4.99 Å². The number of thiocarbonyl (C=S) groups is 1. The van der Waals surface area contributed by atoms with Gasteiger partial charge in [0.2, 0.25) is 0 Å². The van der Waals surface area contributed by atoms with Gasteiger partial charge in [-0.2, -0.15) is 0 Å². The van der Waals surface area contributed by atoms with Gasteiger partial charge in [-0.1, -0.05) is 54.7 Å². The highest BCUT2D eigenvalue weighted by Crippen LogP contribution is 2.36. The van der Waals surface area contributed by atoms with Crippen LogP contribution in [0.1, 0.15) is 25.3 Å². The van der Waals surface area contributed by atoms with Crippen LogP contribution in [0.15, 0.2) is 59.5 Å². The van der Waals surface area contributed by atoms with Crippen LogP contribution in [0.3, 0.4) is 0 Å². The standard InChI is InChI=1S/C19H22N2S2/c1-14-11-16(23-18-10-6-5-9-17(18)20)12-19(22)21(14)13-15-7-3-2-4-8-15/h2-10,14,16H,11-13,20H2,1H3/t14-,16-/m0/s1. The minimum atomic E-state index is 0.457. The number of hydrogen-bond acceptors (Lipinski definition) is 3. The van der Waals surface area contributed by atoms with Gasteiger partial charge >= 0.3 is 0 Å².